The Bertz CT molecular complexity index is 1370. The largest absolute Gasteiger partial charge is 0.465 e. The molecule has 0 amide bonds. The van der Waals surface area contributed by atoms with Crippen LogP contribution in [-0.2, 0) is 17.3 Å². The van der Waals surface area contributed by atoms with Crippen molar-refractivity contribution < 1.29 is 27.4 Å². The lowest BCUT2D eigenvalue weighted by atomic mass is 9.81. The van der Waals surface area contributed by atoms with E-state index in [1.54, 1.807) is 12.1 Å². The summed E-state index contributed by atoms with van der Waals surface area (Å²) in [7, 11) is 1.30. The zero-order chi connectivity index (χ0) is 25.0. The minimum atomic E-state index is -4.59. The Hall–Kier alpha value is -3.54. The van der Waals surface area contributed by atoms with Gasteiger partial charge in [-0.05, 0) is 64.8 Å². The fourth-order valence-electron chi connectivity index (χ4n) is 5.17. The van der Waals surface area contributed by atoms with Crippen molar-refractivity contribution in [3.63, 3.8) is 0 Å². The first-order valence-corrected chi connectivity index (χ1v) is 11.5. The van der Waals surface area contributed by atoms with E-state index in [2.05, 4.69) is 19.9 Å². The Balaban J connectivity index is 1.69. The Labute approximate surface area is 202 Å². The number of alkyl halides is 3. The van der Waals surface area contributed by atoms with E-state index in [1.807, 2.05) is 24.3 Å². The molecule has 0 heterocycles. The number of hydrogen-bond acceptors (Lipinski definition) is 3. The first-order chi connectivity index (χ1) is 16.6. The highest BCUT2D eigenvalue weighted by atomic mass is 19.4. The van der Waals surface area contributed by atoms with Crippen LogP contribution >= 0.6 is 0 Å². The van der Waals surface area contributed by atoms with E-state index in [-0.39, 0.29) is 16.9 Å². The van der Waals surface area contributed by atoms with Gasteiger partial charge in [-0.1, -0.05) is 50.3 Å². The van der Waals surface area contributed by atoms with Crippen LogP contribution in [0.25, 0.3) is 16.7 Å². The topological polar surface area (TPSA) is 35.5 Å². The monoisotopic (exact) mass is 478 g/mol. The maximum absolute atomic E-state index is 14.1. The first-order valence-electron chi connectivity index (χ1n) is 11.5. The SMILES string of the molecule is COC(=O)c1ccc(Oc2c(C(F)(F)F)ccc3c2Cc2ccccc2-3)c(C2=CCCC2(C)C)c1. The first kappa shape index (κ1) is 23.2. The molecule has 35 heavy (non-hydrogen) atoms. The molecular weight excluding hydrogens is 453 g/mol. The van der Waals surface area contributed by atoms with E-state index >= 15 is 0 Å². The van der Waals surface area contributed by atoms with Crippen LogP contribution in [0.5, 0.6) is 11.5 Å². The third kappa shape index (κ3) is 4.01. The number of halogens is 3. The van der Waals surface area contributed by atoms with E-state index in [0.717, 1.165) is 41.2 Å². The van der Waals surface area contributed by atoms with Gasteiger partial charge < -0.3 is 9.47 Å². The summed E-state index contributed by atoms with van der Waals surface area (Å²) in [6.07, 6.45) is -0.424. The van der Waals surface area contributed by atoms with E-state index < -0.39 is 17.7 Å². The fourth-order valence-corrected chi connectivity index (χ4v) is 5.17. The summed E-state index contributed by atoms with van der Waals surface area (Å²) in [5.41, 5.74) is 4.00. The van der Waals surface area contributed by atoms with Crippen LogP contribution in [0.2, 0.25) is 0 Å². The number of methoxy groups -OCH3 is 1. The van der Waals surface area contributed by atoms with Gasteiger partial charge in [-0.3, -0.25) is 0 Å². The number of hydrogen-bond donors (Lipinski definition) is 0. The number of carbonyl (C=O) groups excluding carboxylic acids is 1. The highest BCUT2D eigenvalue weighted by molar-refractivity contribution is 5.92. The summed E-state index contributed by atoms with van der Waals surface area (Å²) < 4.78 is 53.5. The second kappa shape index (κ2) is 8.29. The third-order valence-corrected chi connectivity index (χ3v) is 6.99. The van der Waals surface area contributed by atoms with Crippen LogP contribution in [0.15, 0.2) is 60.7 Å². The molecule has 2 aliphatic rings. The summed E-state index contributed by atoms with van der Waals surface area (Å²) in [4.78, 5) is 12.2. The van der Waals surface area contributed by atoms with Gasteiger partial charge in [0.2, 0.25) is 0 Å². The zero-order valence-electron chi connectivity index (χ0n) is 19.8. The van der Waals surface area contributed by atoms with Crippen LogP contribution < -0.4 is 4.74 Å². The molecule has 0 saturated heterocycles. The smallest absolute Gasteiger partial charge is 0.419 e. The maximum atomic E-state index is 14.1. The van der Waals surface area contributed by atoms with Crippen LogP contribution in [-0.4, -0.2) is 13.1 Å². The number of carbonyl (C=O) groups is 1. The van der Waals surface area contributed by atoms with Crippen LogP contribution in [0, 0.1) is 5.41 Å². The van der Waals surface area contributed by atoms with E-state index in [9.17, 15) is 18.0 Å². The van der Waals surface area contributed by atoms with Gasteiger partial charge in [-0.15, -0.1) is 0 Å². The standard InChI is InChI=1S/C29H25F3O3/c1-28(2)14-6-9-23(28)22-16-18(27(33)34-3)10-13-25(22)35-26-21-15-17-7-4-5-8-19(17)20(21)11-12-24(26)29(30,31)32/h4-5,7-13,16H,6,14-15H2,1-3H3. The summed E-state index contributed by atoms with van der Waals surface area (Å²) in [5.74, 6) is -0.412. The third-order valence-electron chi connectivity index (χ3n) is 6.99. The molecule has 0 atom stereocenters. The molecule has 0 radical (unpaired) electrons. The number of rotatable bonds is 4. The molecule has 3 nitrogen and oxygen atoms in total. The van der Waals surface area contributed by atoms with Crippen LogP contribution in [0.4, 0.5) is 13.2 Å². The zero-order valence-corrected chi connectivity index (χ0v) is 19.8. The number of ether oxygens (including phenoxy) is 2. The minimum absolute atomic E-state index is 0.185. The molecule has 0 N–H and O–H groups in total. The molecule has 0 saturated carbocycles. The molecule has 5 rings (SSSR count). The van der Waals surface area contributed by atoms with Crippen molar-refractivity contribution in [3.8, 4) is 22.6 Å². The van der Waals surface area contributed by atoms with Crippen molar-refractivity contribution in [2.75, 3.05) is 7.11 Å². The van der Waals surface area contributed by atoms with Gasteiger partial charge in [0.25, 0.3) is 0 Å². The Morgan fingerprint density at radius 1 is 0.971 bits per heavy atom. The summed E-state index contributed by atoms with van der Waals surface area (Å²) in [6.45, 7) is 4.16. The van der Waals surface area contributed by atoms with Gasteiger partial charge >= 0.3 is 12.1 Å². The lowest BCUT2D eigenvalue weighted by Crippen LogP contribution is -2.12. The van der Waals surface area contributed by atoms with Crippen molar-refractivity contribution in [3.05, 3.63) is 88.5 Å². The number of esters is 1. The van der Waals surface area contributed by atoms with E-state index in [1.165, 1.54) is 19.2 Å². The van der Waals surface area contributed by atoms with E-state index in [4.69, 9.17) is 9.47 Å². The molecule has 2 aliphatic carbocycles. The van der Waals surface area contributed by atoms with E-state index in [0.29, 0.717) is 23.1 Å². The normalized spacial score (nSPS) is 15.9. The molecule has 3 aromatic carbocycles. The second-order valence-corrected chi connectivity index (χ2v) is 9.64. The molecule has 0 spiro atoms. The molecule has 6 heteroatoms. The van der Waals surface area contributed by atoms with Gasteiger partial charge in [0.15, 0.2) is 0 Å². The summed E-state index contributed by atoms with van der Waals surface area (Å²) in [5, 5.41) is 0. The molecule has 0 aliphatic heterocycles. The highest BCUT2D eigenvalue weighted by Crippen LogP contribution is 2.51. The summed E-state index contributed by atoms with van der Waals surface area (Å²) in [6, 6.07) is 15.0. The van der Waals surface area contributed by atoms with Crippen molar-refractivity contribution in [2.24, 2.45) is 5.41 Å². The lowest BCUT2D eigenvalue weighted by Gasteiger charge is -2.26. The average Bonchev–Trinajstić information content (AvgIpc) is 3.37. The number of fused-ring (bicyclic) bond motifs is 3. The van der Waals surface area contributed by atoms with Crippen molar-refractivity contribution in [1.82, 2.24) is 0 Å². The van der Waals surface area contributed by atoms with Gasteiger partial charge in [0.05, 0.1) is 18.2 Å². The molecule has 3 aromatic rings. The Kier molecular flexibility index (Phi) is 5.50. The summed E-state index contributed by atoms with van der Waals surface area (Å²) >= 11 is 0. The minimum Gasteiger partial charge on any atom is -0.465 e. The van der Waals surface area contributed by atoms with Gasteiger partial charge in [0, 0.05) is 17.5 Å². The van der Waals surface area contributed by atoms with Crippen LogP contribution in [0.1, 0.15) is 59.3 Å². The molecule has 0 bridgehead atoms. The van der Waals surface area contributed by atoms with Gasteiger partial charge in [-0.25, -0.2) is 4.79 Å². The molecule has 0 fully saturated rings. The Morgan fingerprint density at radius 2 is 1.74 bits per heavy atom. The predicted molar refractivity (Wildman–Crippen MR) is 129 cm³/mol. The number of benzene rings is 3. The average molecular weight is 479 g/mol. The lowest BCUT2D eigenvalue weighted by molar-refractivity contribution is -0.138. The number of allylic oxidation sites excluding steroid dienone is 2. The predicted octanol–water partition coefficient (Wildman–Crippen LogP) is 8.06. The van der Waals surface area contributed by atoms with Gasteiger partial charge in [0.1, 0.15) is 11.5 Å². The molecular formula is C29H25F3O3. The quantitative estimate of drug-likeness (QED) is 0.278. The maximum Gasteiger partial charge on any atom is 0.419 e. The van der Waals surface area contributed by atoms with Gasteiger partial charge in [-0.2, -0.15) is 13.2 Å². The molecule has 180 valence electrons. The highest BCUT2D eigenvalue weighted by Gasteiger charge is 2.38. The Morgan fingerprint density at radius 3 is 2.43 bits per heavy atom. The molecule has 0 aromatic heterocycles. The molecule has 0 unspecified atom stereocenters. The second-order valence-electron chi connectivity index (χ2n) is 9.64. The van der Waals surface area contributed by atoms with Crippen molar-refractivity contribution in [2.45, 2.75) is 39.3 Å². The van der Waals surface area contributed by atoms with Crippen molar-refractivity contribution >= 4 is 11.5 Å². The fraction of sp³-hybridized carbons (Fsp3) is 0.276. The van der Waals surface area contributed by atoms with Crippen LogP contribution in [0.3, 0.4) is 0 Å². The van der Waals surface area contributed by atoms with Crippen molar-refractivity contribution in [1.29, 1.82) is 0 Å².